The molecular formula is C14H18N2O. The predicted molar refractivity (Wildman–Crippen MR) is 69.9 cm³/mol. The minimum Gasteiger partial charge on any atom is -0.387 e. The molecule has 2 aromatic rings. The number of hydrogen-bond acceptors (Lipinski definition) is 3. The van der Waals surface area contributed by atoms with Gasteiger partial charge in [0.15, 0.2) is 0 Å². The molecule has 1 unspecified atom stereocenters. The summed E-state index contributed by atoms with van der Waals surface area (Å²) in [5.74, 6) is 0. The number of aromatic nitrogens is 1. The van der Waals surface area contributed by atoms with Gasteiger partial charge in [-0.25, -0.2) is 0 Å². The molecule has 0 saturated carbocycles. The van der Waals surface area contributed by atoms with E-state index in [1.165, 1.54) is 0 Å². The first kappa shape index (κ1) is 12.0. The maximum Gasteiger partial charge on any atom is 0.0914 e. The van der Waals surface area contributed by atoms with Crippen LogP contribution in [0.5, 0.6) is 0 Å². The maximum atomic E-state index is 10.0. The van der Waals surface area contributed by atoms with Crippen LogP contribution in [0, 0.1) is 0 Å². The Morgan fingerprint density at radius 1 is 1.35 bits per heavy atom. The zero-order chi connectivity index (χ0) is 12.1. The van der Waals surface area contributed by atoms with Crippen molar-refractivity contribution in [3.05, 3.63) is 42.1 Å². The highest BCUT2D eigenvalue weighted by molar-refractivity contribution is 5.79. The molecule has 0 aliphatic carbocycles. The number of pyridine rings is 1. The van der Waals surface area contributed by atoms with Crippen molar-refractivity contribution in [3.63, 3.8) is 0 Å². The lowest BCUT2D eigenvalue weighted by Gasteiger charge is -2.12. The zero-order valence-electron chi connectivity index (χ0n) is 10.1. The Bertz CT molecular complexity index is 484. The van der Waals surface area contributed by atoms with Gasteiger partial charge < -0.3 is 10.4 Å². The fraction of sp³-hybridized carbons (Fsp3) is 0.357. The summed E-state index contributed by atoms with van der Waals surface area (Å²) in [5, 5.41) is 14.3. The van der Waals surface area contributed by atoms with Gasteiger partial charge in [-0.3, -0.25) is 4.98 Å². The molecule has 90 valence electrons. The first-order chi connectivity index (χ1) is 8.31. The molecular weight excluding hydrogens is 212 g/mol. The Hall–Kier alpha value is -1.45. The number of rotatable bonds is 5. The topological polar surface area (TPSA) is 45.1 Å². The van der Waals surface area contributed by atoms with Crippen LogP contribution in [-0.2, 0) is 0 Å². The molecule has 1 heterocycles. The highest BCUT2D eigenvalue weighted by Crippen LogP contribution is 2.18. The average molecular weight is 230 g/mol. The molecule has 2 N–H and O–H groups in total. The van der Waals surface area contributed by atoms with Gasteiger partial charge in [-0.05, 0) is 36.7 Å². The fourth-order valence-electron chi connectivity index (χ4n) is 1.83. The number of nitrogens with zero attached hydrogens (tertiary/aromatic N) is 1. The quantitative estimate of drug-likeness (QED) is 0.774. The smallest absolute Gasteiger partial charge is 0.0914 e. The van der Waals surface area contributed by atoms with Crippen LogP contribution >= 0.6 is 0 Å². The number of aliphatic hydroxyl groups is 1. The first-order valence-electron chi connectivity index (χ1n) is 6.04. The lowest BCUT2D eigenvalue weighted by atomic mass is 10.1. The van der Waals surface area contributed by atoms with Crippen LogP contribution in [-0.4, -0.2) is 23.2 Å². The summed E-state index contributed by atoms with van der Waals surface area (Å²) in [7, 11) is 0. The van der Waals surface area contributed by atoms with E-state index >= 15 is 0 Å². The third kappa shape index (κ3) is 3.02. The van der Waals surface area contributed by atoms with Crippen molar-refractivity contribution in [2.75, 3.05) is 13.1 Å². The van der Waals surface area contributed by atoms with Crippen molar-refractivity contribution in [2.24, 2.45) is 0 Å². The van der Waals surface area contributed by atoms with Crippen LogP contribution in [0.15, 0.2) is 36.5 Å². The molecule has 17 heavy (non-hydrogen) atoms. The van der Waals surface area contributed by atoms with Gasteiger partial charge in [0.25, 0.3) is 0 Å². The van der Waals surface area contributed by atoms with Gasteiger partial charge in [0.05, 0.1) is 11.6 Å². The van der Waals surface area contributed by atoms with Gasteiger partial charge in [0, 0.05) is 18.1 Å². The first-order valence-corrected chi connectivity index (χ1v) is 6.04. The van der Waals surface area contributed by atoms with Crippen molar-refractivity contribution in [1.29, 1.82) is 0 Å². The molecule has 0 spiro atoms. The second-order valence-electron chi connectivity index (χ2n) is 4.18. The van der Waals surface area contributed by atoms with E-state index in [9.17, 15) is 5.11 Å². The monoisotopic (exact) mass is 230 g/mol. The Morgan fingerprint density at radius 2 is 2.24 bits per heavy atom. The van der Waals surface area contributed by atoms with Crippen LogP contribution in [0.4, 0.5) is 0 Å². The van der Waals surface area contributed by atoms with Crippen molar-refractivity contribution in [1.82, 2.24) is 10.3 Å². The van der Waals surface area contributed by atoms with Crippen molar-refractivity contribution in [3.8, 4) is 0 Å². The van der Waals surface area contributed by atoms with Gasteiger partial charge in [0.2, 0.25) is 0 Å². The van der Waals surface area contributed by atoms with Gasteiger partial charge in [0.1, 0.15) is 0 Å². The molecule has 0 amide bonds. The van der Waals surface area contributed by atoms with Gasteiger partial charge in [-0.1, -0.05) is 19.1 Å². The molecule has 0 saturated heterocycles. The Balaban J connectivity index is 2.12. The summed E-state index contributed by atoms with van der Waals surface area (Å²) in [6.45, 7) is 3.65. The van der Waals surface area contributed by atoms with E-state index in [-0.39, 0.29) is 0 Å². The largest absolute Gasteiger partial charge is 0.387 e. The number of aliphatic hydroxyl groups excluding tert-OH is 1. The molecule has 0 bridgehead atoms. The lowest BCUT2D eigenvalue weighted by Crippen LogP contribution is -2.22. The molecule has 0 aliphatic rings. The molecule has 3 nitrogen and oxygen atoms in total. The molecule has 0 radical (unpaired) electrons. The Kier molecular flexibility index (Phi) is 4.07. The van der Waals surface area contributed by atoms with Gasteiger partial charge >= 0.3 is 0 Å². The summed E-state index contributed by atoms with van der Waals surface area (Å²) in [6.07, 6.45) is 2.40. The maximum absolute atomic E-state index is 10.0. The molecule has 3 heteroatoms. The van der Waals surface area contributed by atoms with E-state index < -0.39 is 6.10 Å². The molecule has 2 rings (SSSR count). The number of benzene rings is 1. The van der Waals surface area contributed by atoms with E-state index in [0.29, 0.717) is 6.54 Å². The van der Waals surface area contributed by atoms with Crippen molar-refractivity contribution < 1.29 is 5.11 Å². The summed E-state index contributed by atoms with van der Waals surface area (Å²) >= 11 is 0. The van der Waals surface area contributed by atoms with Crippen LogP contribution in [0.3, 0.4) is 0 Å². The van der Waals surface area contributed by atoms with Crippen LogP contribution in [0.25, 0.3) is 10.9 Å². The molecule has 1 atom stereocenters. The second-order valence-corrected chi connectivity index (χ2v) is 4.18. The SMILES string of the molecule is CCCNCC(O)c1ccc2ncccc2c1. The van der Waals surface area contributed by atoms with Crippen LogP contribution in [0.1, 0.15) is 25.0 Å². The lowest BCUT2D eigenvalue weighted by molar-refractivity contribution is 0.175. The highest BCUT2D eigenvalue weighted by atomic mass is 16.3. The van der Waals surface area contributed by atoms with Gasteiger partial charge in [-0.15, -0.1) is 0 Å². The third-order valence-electron chi connectivity index (χ3n) is 2.78. The minimum absolute atomic E-state index is 0.453. The molecule has 1 aromatic heterocycles. The Morgan fingerprint density at radius 3 is 3.06 bits per heavy atom. The van der Waals surface area contributed by atoms with E-state index in [2.05, 4.69) is 17.2 Å². The molecule has 1 aromatic carbocycles. The van der Waals surface area contributed by atoms with Gasteiger partial charge in [-0.2, -0.15) is 0 Å². The Labute approximate surface area is 102 Å². The predicted octanol–water partition coefficient (Wildman–Crippen LogP) is 2.27. The van der Waals surface area contributed by atoms with Crippen LogP contribution < -0.4 is 5.32 Å². The summed E-state index contributed by atoms with van der Waals surface area (Å²) in [6, 6.07) is 9.81. The van der Waals surface area contributed by atoms with Crippen molar-refractivity contribution in [2.45, 2.75) is 19.4 Å². The normalized spacial score (nSPS) is 12.8. The summed E-state index contributed by atoms with van der Waals surface area (Å²) in [5.41, 5.74) is 1.90. The third-order valence-corrected chi connectivity index (χ3v) is 2.78. The highest BCUT2D eigenvalue weighted by Gasteiger charge is 2.07. The molecule has 0 fully saturated rings. The summed E-state index contributed by atoms with van der Waals surface area (Å²) < 4.78 is 0. The standard InChI is InChI=1S/C14H18N2O/c1-2-7-15-10-14(17)12-5-6-13-11(9-12)4-3-8-16-13/h3-6,8-9,14-15,17H,2,7,10H2,1H3. The second kappa shape index (κ2) is 5.75. The van der Waals surface area contributed by atoms with E-state index in [0.717, 1.165) is 29.4 Å². The average Bonchev–Trinajstić information content (AvgIpc) is 2.38. The summed E-state index contributed by atoms with van der Waals surface area (Å²) in [4.78, 5) is 4.26. The number of fused-ring (bicyclic) bond motifs is 1. The van der Waals surface area contributed by atoms with Crippen LogP contribution in [0.2, 0.25) is 0 Å². The van der Waals surface area contributed by atoms with E-state index in [1.807, 2.05) is 30.3 Å². The number of hydrogen-bond donors (Lipinski definition) is 2. The van der Waals surface area contributed by atoms with Crippen molar-refractivity contribution >= 4 is 10.9 Å². The molecule has 0 aliphatic heterocycles. The zero-order valence-corrected chi connectivity index (χ0v) is 10.1. The van der Waals surface area contributed by atoms with E-state index in [1.54, 1.807) is 6.20 Å². The minimum atomic E-state index is -0.453. The fourth-order valence-corrected chi connectivity index (χ4v) is 1.83. The number of nitrogens with one attached hydrogen (secondary N) is 1. The van der Waals surface area contributed by atoms with E-state index in [4.69, 9.17) is 0 Å².